The smallest absolute Gasteiger partial charge is 0.00292 e. The third-order valence-electron chi connectivity index (χ3n) is 3.07. The second kappa shape index (κ2) is 6.20. The lowest BCUT2D eigenvalue weighted by atomic mass is 9.98. The van der Waals surface area contributed by atoms with Gasteiger partial charge in [-0.1, -0.05) is 61.7 Å². The van der Waals surface area contributed by atoms with Crippen LogP contribution in [-0.2, 0) is 12.8 Å². The fraction of sp³-hybridized carbons (Fsp3) is 0.222. The molecule has 0 spiro atoms. The highest BCUT2D eigenvalue weighted by Gasteiger charge is 2.01. The Morgan fingerprint density at radius 1 is 0.722 bits per heavy atom. The first-order valence-corrected chi connectivity index (χ1v) is 6.15. The second-order valence-electron chi connectivity index (χ2n) is 4.94. The molecule has 0 radical (unpaired) electrons. The molecular weight excluding hydrogens is 216 g/mol. The van der Waals surface area contributed by atoms with Gasteiger partial charge in [0.25, 0.3) is 0 Å². The van der Waals surface area contributed by atoms with Crippen LogP contribution < -0.4 is 0 Å². The molecule has 1 rings (SSSR count). The Morgan fingerprint density at radius 3 is 1.22 bits per heavy atom. The number of benzene rings is 1. The standard InChI is InChI=1S/C18H22/c1-13(2)15(5)11-17-7-9-18(10-8-17)12-16(6)14(3)4/h7-10H,1,3,5-6,11-12H2,2,4H3. The molecule has 0 amide bonds. The van der Waals surface area contributed by atoms with Gasteiger partial charge in [-0.3, -0.25) is 0 Å². The Morgan fingerprint density at radius 2 is 1.00 bits per heavy atom. The van der Waals surface area contributed by atoms with Crippen molar-refractivity contribution < 1.29 is 0 Å². The van der Waals surface area contributed by atoms with E-state index >= 15 is 0 Å². The predicted molar refractivity (Wildman–Crippen MR) is 81.8 cm³/mol. The van der Waals surface area contributed by atoms with Gasteiger partial charge in [-0.2, -0.15) is 0 Å². The van der Waals surface area contributed by atoms with Crippen molar-refractivity contribution >= 4 is 0 Å². The van der Waals surface area contributed by atoms with Gasteiger partial charge in [-0.05, 0) is 49.0 Å². The Hall–Kier alpha value is -1.82. The summed E-state index contributed by atoms with van der Waals surface area (Å²) in [5, 5.41) is 0. The van der Waals surface area contributed by atoms with Crippen LogP contribution in [0.2, 0.25) is 0 Å². The van der Waals surface area contributed by atoms with Crippen molar-refractivity contribution in [2.24, 2.45) is 0 Å². The summed E-state index contributed by atoms with van der Waals surface area (Å²) in [6, 6.07) is 8.59. The normalized spacial score (nSPS) is 9.89. The molecular formula is C18H22. The molecule has 1 aromatic carbocycles. The van der Waals surface area contributed by atoms with Crippen LogP contribution in [0.4, 0.5) is 0 Å². The van der Waals surface area contributed by atoms with E-state index in [1.165, 1.54) is 11.1 Å². The Balaban J connectivity index is 2.68. The molecule has 0 aliphatic rings. The lowest BCUT2D eigenvalue weighted by molar-refractivity contribution is 1.12. The van der Waals surface area contributed by atoms with Gasteiger partial charge in [0, 0.05) is 0 Å². The number of rotatable bonds is 6. The van der Waals surface area contributed by atoms with E-state index in [0.717, 1.165) is 35.1 Å². The molecule has 0 fully saturated rings. The largest absolute Gasteiger partial charge is 0.0958 e. The maximum atomic E-state index is 4.02. The highest BCUT2D eigenvalue weighted by atomic mass is 14.1. The first kappa shape index (κ1) is 14.2. The van der Waals surface area contributed by atoms with Crippen molar-refractivity contribution in [1.82, 2.24) is 0 Å². The van der Waals surface area contributed by atoms with Crippen LogP contribution in [0, 0.1) is 0 Å². The van der Waals surface area contributed by atoms with Crippen LogP contribution in [0.3, 0.4) is 0 Å². The van der Waals surface area contributed by atoms with Gasteiger partial charge in [-0.25, -0.2) is 0 Å². The van der Waals surface area contributed by atoms with E-state index in [4.69, 9.17) is 0 Å². The summed E-state index contributed by atoms with van der Waals surface area (Å²) in [5.41, 5.74) is 6.83. The first-order valence-electron chi connectivity index (χ1n) is 6.15. The molecule has 0 heterocycles. The summed E-state index contributed by atoms with van der Waals surface area (Å²) in [6.45, 7) is 19.8. The Kier molecular flexibility index (Phi) is 4.91. The maximum absolute atomic E-state index is 4.02. The molecule has 0 aliphatic heterocycles. The lowest BCUT2D eigenvalue weighted by Gasteiger charge is -2.08. The molecule has 0 atom stereocenters. The summed E-state index contributed by atoms with van der Waals surface area (Å²) in [7, 11) is 0. The number of allylic oxidation sites excluding steroid dienone is 4. The van der Waals surface area contributed by atoms with Crippen LogP contribution in [0.15, 0.2) is 72.9 Å². The minimum Gasteiger partial charge on any atom is -0.0958 e. The summed E-state index contributed by atoms with van der Waals surface area (Å²) in [5.74, 6) is 0. The molecule has 0 N–H and O–H groups in total. The minimum absolute atomic E-state index is 0.872. The van der Waals surface area contributed by atoms with Gasteiger partial charge < -0.3 is 0 Å². The van der Waals surface area contributed by atoms with Gasteiger partial charge >= 0.3 is 0 Å². The third kappa shape index (κ3) is 4.21. The van der Waals surface area contributed by atoms with E-state index in [2.05, 4.69) is 50.6 Å². The monoisotopic (exact) mass is 238 g/mol. The molecule has 0 bridgehead atoms. The molecule has 0 saturated carbocycles. The van der Waals surface area contributed by atoms with Crippen molar-refractivity contribution in [2.75, 3.05) is 0 Å². The van der Waals surface area contributed by atoms with Crippen LogP contribution in [0.5, 0.6) is 0 Å². The van der Waals surface area contributed by atoms with E-state index in [-0.39, 0.29) is 0 Å². The average Bonchev–Trinajstić information content (AvgIpc) is 2.31. The van der Waals surface area contributed by atoms with Crippen LogP contribution in [-0.4, -0.2) is 0 Å². The zero-order valence-corrected chi connectivity index (χ0v) is 11.6. The van der Waals surface area contributed by atoms with Gasteiger partial charge in [0.05, 0.1) is 0 Å². The van der Waals surface area contributed by atoms with E-state index in [9.17, 15) is 0 Å². The van der Waals surface area contributed by atoms with Crippen molar-refractivity contribution in [3.63, 3.8) is 0 Å². The zero-order valence-electron chi connectivity index (χ0n) is 11.6. The fourth-order valence-corrected chi connectivity index (χ4v) is 1.57. The SMILES string of the molecule is C=C(C)C(=C)Cc1ccc(CC(=C)C(=C)C)cc1. The third-order valence-corrected chi connectivity index (χ3v) is 3.07. The van der Waals surface area contributed by atoms with Crippen LogP contribution >= 0.6 is 0 Å². The lowest BCUT2D eigenvalue weighted by Crippen LogP contribution is -1.93. The molecule has 0 aliphatic carbocycles. The van der Waals surface area contributed by atoms with E-state index in [1.807, 2.05) is 13.8 Å². The first-order chi connectivity index (χ1) is 8.40. The molecule has 0 unspecified atom stereocenters. The van der Waals surface area contributed by atoms with Crippen LogP contribution in [0.25, 0.3) is 0 Å². The second-order valence-corrected chi connectivity index (χ2v) is 4.94. The quantitative estimate of drug-likeness (QED) is 0.609. The molecule has 94 valence electrons. The highest BCUT2D eigenvalue weighted by molar-refractivity contribution is 5.35. The topological polar surface area (TPSA) is 0 Å². The minimum atomic E-state index is 0.872. The van der Waals surface area contributed by atoms with Gasteiger partial charge in [0.2, 0.25) is 0 Å². The van der Waals surface area contributed by atoms with Gasteiger partial charge in [-0.15, -0.1) is 0 Å². The van der Waals surface area contributed by atoms with E-state index in [0.29, 0.717) is 0 Å². The predicted octanol–water partition coefficient (Wildman–Crippen LogP) is 5.04. The highest BCUT2D eigenvalue weighted by Crippen LogP contribution is 2.16. The molecule has 0 heteroatoms. The van der Waals surface area contributed by atoms with E-state index in [1.54, 1.807) is 0 Å². The molecule has 0 saturated heterocycles. The summed E-state index contributed by atoms with van der Waals surface area (Å²) in [6.07, 6.45) is 1.74. The van der Waals surface area contributed by atoms with Crippen molar-refractivity contribution in [3.05, 3.63) is 84.0 Å². The van der Waals surface area contributed by atoms with Gasteiger partial charge in [0.15, 0.2) is 0 Å². The van der Waals surface area contributed by atoms with E-state index < -0.39 is 0 Å². The fourth-order valence-electron chi connectivity index (χ4n) is 1.57. The molecule has 18 heavy (non-hydrogen) atoms. The van der Waals surface area contributed by atoms with Crippen molar-refractivity contribution in [3.8, 4) is 0 Å². The zero-order chi connectivity index (χ0) is 13.7. The molecule has 0 nitrogen and oxygen atoms in total. The number of hydrogen-bond acceptors (Lipinski definition) is 0. The Labute approximate surface area is 111 Å². The average molecular weight is 238 g/mol. The van der Waals surface area contributed by atoms with Gasteiger partial charge in [0.1, 0.15) is 0 Å². The van der Waals surface area contributed by atoms with Crippen molar-refractivity contribution in [2.45, 2.75) is 26.7 Å². The summed E-state index contributed by atoms with van der Waals surface area (Å²) in [4.78, 5) is 0. The van der Waals surface area contributed by atoms with Crippen LogP contribution in [0.1, 0.15) is 25.0 Å². The molecule has 1 aromatic rings. The summed E-state index contributed by atoms with van der Waals surface area (Å²) < 4.78 is 0. The summed E-state index contributed by atoms with van der Waals surface area (Å²) >= 11 is 0. The Bertz CT molecular complexity index is 436. The van der Waals surface area contributed by atoms with Crippen molar-refractivity contribution in [1.29, 1.82) is 0 Å². The maximum Gasteiger partial charge on any atom is -0.00292 e. The number of hydrogen-bond donors (Lipinski definition) is 0. The molecule has 0 aromatic heterocycles.